The summed E-state index contributed by atoms with van der Waals surface area (Å²) in [6.45, 7) is 0. The number of aromatic nitrogens is 1. The summed E-state index contributed by atoms with van der Waals surface area (Å²) >= 11 is 17.9. The standard InChI is InChI=1S/C15H9Cl3N2O/c16-10-6-12(18)14(7-11(10)17)20-15(21)9-2-1-3-13-8(9)4-5-19-13/h1-7,19H,(H,20,21). The van der Waals surface area contributed by atoms with Gasteiger partial charge in [0, 0.05) is 22.7 Å². The summed E-state index contributed by atoms with van der Waals surface area (Å²) in [7, 11) is 0. The first-order chi connectivity index (χ1) is 10.1. The molecule has 2 aromatic carbocycles. The van der Waals surface area contributed by atoms with Crippen molar-refractivity contribution in [3.8, 4) is 0 Å². The summed E-state index contributed by atoms with van der Waals surface area (Å²) in [4.78, 5) is 15.5. The summed E-state index contributed by atoms with van der Waals surface area (Å²) in [5.41, 5.74) is 1.86. The van der Waals surface area contributed by atoms with Crippen LogP contribution in [0.3, 0.4) is 0 Å². The molecule has 6 heteroatoms. The molecule has 3 nitrogen and oxygen atoms in total. The smallest absolute Gasteiger partial charge is 0.256 e. The zero-order valence-corrected chi connectivity index (χ0v) is 12.9. The molecule has 0 bridgehead atoms. The van der Waals surface area contributed by atoms with Crippen molar-refractivity contribution in [1.29, 1.82) is 0 Å². The first-order valence-electron chi connectivity index (χ1n) is 6.08. The molecule has 1 aromatic heterocycles. The van der Waals surface area contributed by atoms with Gasteiger partial charge in [-0.3, -0.25) is 4.79 Å². The maximum absolute atomic E-state index is 12.4. The van der Waals surface area contributed by atoms with E-state index in [9.17, 15) is 4.79 Å². The number of anilines is 1. The van der Waals surface area contributed by atoms with Crippen molar-refractivity contribution >= 4 is 57.3 Å². The fourth-order valence-electron chi connectivity index (χ4n) is 2.09. The van der Waals surface area contributed by atoms with Gasteiger partial charge in [0.1, 0.15) is 0 Å². The SMILES string of the molecule is O=C(Nc1cc(Cl)c(Cl)cc1Cl)c1cccc2[nH]ccc12. The number of carbonyl (C=O) groups is 1. The second kappa shape index (κ2) is 5.60. The van der Waals surface area contributed by atoms with Gasteiger partial charge in [-0.2, -0.15) is 0 Å². The van der Waals surface area contributed by atoms with E-state index >= 15 is 0 Å². The summed E-state index contributed by atoms with van der Waals surface area (Å²) in [5, 5.41) is 4.59. The lowest BCUT2D eigenvalue weighted by Crippen LogP contribution is -2.12. The number of nitrogens with one attached hydrogen (secondary N) is 2. The van der Waals surface area contributed by atoms with Gasteiger partial charge in [0.2, 0.25) is 0 Å². The van der Waals surface area contributed by atoms with Crippen LogP contribution in [0, 0.1) is 0 Å². The lowest BCUT2D eigenvalue weighted by atomic mass is 10.1. The Balaban J connectivity index is 1.97. The minimum atomic E-state index is -0.263. The largest absolute Gasteiger partial charge is 0.361 e. The number of amides is 1. The molecule has 1 amide bonds. The number of rotatable bonds is 2. The molecule has 0 fully saturated rings. The molecular weight excluding hydrogens is 331 g/mol. The normalized spacial score (nSPS) is 10.8. The molecule has 0 saturated carbocycles. The number of H-pyrrole nitrogens is 1. The molecular formula is C15H9Cl3N2O. The fourth-order valence-corrected chi connectivity index (χ4v) is 2.69. The molecule has 0 spiro atoms. The van der Waals surface area contributed by atoms with Crippen molar-refractivity contribution in [1.82, 2.24) is 4.98 Å². The van der Waals surface area contributed by atoms with Gasteiger partial charge in [-0.1, -0.05) is 40.9 Å². The number of hydrogen-bond acceptors (Lipinski definition) is 1. The van der Waals surface area contributed by atoms with Crippen LogP contribution in [0.1, 0.15) is 10.4 Å². The third-order valence-electron chi connectivity index (χ3n) is 3.10. The van der Waals surface area contributed by atoms with E-state index in [0.29, 0.717) is 26.3 Å². The van der Waals surface area contributed by atoms with E-state index in [2.05, 4.69) is 10.3 Å². The quantitative estimate of drug-likeness (QED) is 0.605. The van der Waals surface area contributed by atoms with Gasteiger partial charge in [0.05, 0.1) is 20.8 Å². The molecule has 0 saturated heterocycles. The first-order valence-corrected chi connectivity index (χ1v) is 7.21. The summed E-state index contributed by atoms with van der Waals surface area (Å²) in [6, 6.07) is 10.3. The van der Waals surface area contributed by atoms with E-state index < -0.39 is 0 Å². The van der Waals surface area contributed by atoms with Crippen LogP contribution in [0.4, 0.5) is 5.69 Å². The second-order valence-corrected chi connectivity index (χ2v) is 5.67. The molecule has 0 aliphatic carbocycles. The molecule has 1 heterocycles. The van der Waals surface area contributed by atoms with Crippen molar-refractivity contribution in [3.05, 3.63) is 63.2 Å². The number of hydrogen-bond donors (Lipinski definition) is 2. The monoisotopic (exact) mass is 338 g/mol. The van der Waals surface area contributed by atoms with E-state index in [4.69, 9.17) is 34.8 Å². The van der Waals surface area contributed by atoms with E-state index in [-0.39, 0.29) is 5.91 Å². The van der Waals surface area contributed by atoms with Gasteiger partial charge < -0.3 is 10.3 Å². The summed E-state index contributed by atoms with van der Waals surface area (Å²) in [5.74, 6) is -0.263. The van der Waals surface area contributed by atoms with E-state index in [0.717, 1.165) is 10.9 Å². The highest BCUT2D eigenvalue weighted by Crippen LogP contribution is 2.32. The van der Waals surface area contributed by atoms with Gasteiger partial charge in [0.25, 0.3) is 5.91 Å². The van der Waals surface area contributed by atoms with Crippen molar-refractivity contribution in [2.75, 3.05) is 5.32 Å². The number of halogens is 3. The molecule has 3 rings (SSSR count). The molecule has 0 unspecified atom stereocenters. The van der Waals surface area contributed by atoms with Crippen LogP contribution >= 0.6 is 34.8 Å². The van der Waals surface area contributed by atoms with Crippen molar-refractivity contribution in [2.24, 2.45) is 0 Å². The second-order valence-electron chi connectivity index (χ2n) is 4.44. The number of carbonyl (C=O) groups excluding carboxylic acids is 1. The fraction of sp³-hybridized carbons (Fsp3) is 0. The molecule has 0 radical (unpaired) electrons. The van der Waals surface area contributed by atoms with Crippen LogP contribution in [0.2, 0.25) is 15.1 Å². The minimum absolute atomic E-state index is 0.263. The van der Waals surface area contributed by atoms with Gasteiger partial charge in [-0.15, -0.1) is 0 Å². The number of aromatic amines is 1. The molecule has 0 aliphatic rings. The maximum atomic E-state index is 12.4. The van der Waals surface area contributed by atoms with Crippen molar-refractivity contribution in [2.45, 2.75) is 0 Å². The van der Waals surface area contributed by atoms with Crippen LogP contribution < -0.4 is 5.32 Å². The van der Waals surface area contributed by atoms with E-state index in [1.807, 2.05) is 18.2 Å². The molecule has 106 valence electrons. The third-order valence-corrected chi connectivity index (χ3v) is 4.13. The van der Waals surface area contributed by atoms with E-state index in [1.165, 1.54) is 12.1 Å². The molecule has 0 atom stereocenters. The van der Waals surface area contributed by atoms with Crippen molar-refractivity contribution in [3.63, 3.8) is 0 Å². The Morgan fingerprint density at radius 3 is 2.57 bits per heavy atom. The number of benzene rings is 2. The number of fused-ring (bicyclic) bond motifs is 1. The Morgan fingerprint density at radius 1 is 1.00 bits per heavy atom. The molecule has 3 aromatic rings. The van der Waals surface area contributed by atoms with Crippen LogP contribution in [-0.2, 0) is 0 Å². The average Bonchev–Trinajstić information content (AvgIpc) is 2.92. The Hall–Kier alpha value is -1.68. The Kier molecular flexibility index (Phi) is 3.81. The highest BCUT2D eigenvalue weighted by atomic mass is 35.5. The lowest BCUT2D eigenvalue weighted by Gasteiger charge is -2.09. The van der Waals surface area contributed by atoms with Crippen LogP contribution in [0.25, 0.3) is 10.9 Å². The van der Waals surface area contributed by atoms with E-state index in [1.54, 1.807) is 12.3 Å². The van der Waals surface area contributed by atoms with Gasteiger partial charge in [0.15, 0.2) is 0 Å². The predicted molar refractivity (Wildman–Crippen MR) is 87.7 cm³/mol. The highest BCUT2D eigenvalue weighted by molar-refractivity contribution is 6.44. The van der Waals surface area contributed by atoms with Crippen LogP contribution in [-0.4, -0.2) is 10.9 Å². The Bertz CT molecular complexity index is 842. The highest BCUT2D eigenvalue weighted by Gasteiger charge is 2.13. The minimum Gasteiger partial charge on any atom is -0.361 e. The lowest BCUT2D eigenvalue weighted by molar-refractivity contribution is 0.102. The zero-order chi connectivity index (χ0) is 15.0. The van der Waals surface area contributed by atoms with Gasteiger partial charge in [-0.25, -0.2) is 0 Å². The summed E-state index contributed by atoms with van der Waals surface area (Å²) < 4.78 is 0. The van der Waals surface area contributed by atoms with Gasteiger partial charge in [-0.05, 0) is 30.3 Å². The molecule has 21 heavy (non-hydrogen) atoms. The Labute approximate surface area is 135 Å². The third kappa shape index (κ3) is 2.72. The predicted octanol–water partition coefficient (Wildman–Crippen LogP) is 5.38. The van der Waals surface area contributed by atoms with Crippen LogP contribution in [0.15, 0.2) is 42.6 Å². The van der Waals surface area contributed by atoms with Crippen molar-refractivity contribution < 1.29 is 4.79 Å². The van der Waals surface area contributed by atoms with Crippen LogP contribution in [0.5, 0.6) is 0 Å². The molecule has 0 aliphatic heterocycles. The first kappa shape index (κ1) is 14.3. The summed E-state index contributed by atoms with van der Waals surface area (Å²) in [6.07, 6.45) is 1.79. The average molecular weight is 340 g/mol. The maximum Gasteiger partial charge on any atom is 0.256 e. The molecule has 2 N–H and O–H groups in total. The topological polar surface area (TPSA) is 44.9 Å². The Morgan fingerprint density at radius 2 is 1.76 bits per heavy atom. The zero-order valence-electron chi connectivity index (χ0n) is 10.6. The van der Waals surface area contributed by atoms with Gasteiger partial charge >= 0.3 is 0 Å².